The predicted octanol–water partition coefficient (Wildman–Crippen LogP) is 3.22. The van der Waals surface area contributed by atoms with Gasteiger partial charge in [0.2, 0.25) is 0 Å². The summed E-state index contributed by atoms with van der Waals surface area (Å²) >= 11 is 3.50. The van der Waals surface area contributed by atoms with Crippen LogP contribution in [-0.4, -0.2) is 13.7 Å². The van der Waals surface area contributed by atoms with E-state index in [1.165, 1.54) is 11.6 Å². The van der Waals surface area contributed by atoms with E-state index in [1.54, 1.807) is 7.05 Å². The van der Waals surface area contributed by atoms with Crippen molar-refractivity contribution in [1.82, 2.24) is 13.7 Å². The van der Waals surface area contributed by atoms with Gasteiger partial charge in [-0.05, 0) is 32.9 Å². The molecule has 0 saturated heterocycles. The van der Waals surface area contributed by atoms with Crippen molar-refractivity contribution in [1.29, 1.82) is 0 Å². The molecule has 0 fully saturated rings. The second-order valence-electron chi connectivity index (χ2n) is 6.99. The van der Waals surface area contributed by atoms with Crippen molar-refractivity contribution in [3.05, 3.63) is 55.8 Å². The minimum absolute atomic E-state index is 0.238. The first-order chi connectivity index (χ1) is 11.1. The lowest BCUT2D eigenvalue weighted by atomic mass is 10.1. The number of benzene rings is 1. The Kier molecular flexibility index (Phi) is 3.83. The second kappa shape index (κ2) is 5.48. The largest absolute Gasteiger partial charge is 0.339 e. The van der Waals surface area contributed by atoms with Crippen LogP contribution in [0.1, 0.15) is 20.8 Å². The van der Waals surface area contributed by atoms with E-state index < -0.39 is 0 Å². The molecule has 0 radical (unpaired) electrons. The molecule has 6 heteroatoms. The summed E-state index contributed by atoms with van der Waals surface area (Å²) in [4.78, 5) is 25.1. The topological polar surface area (TPSA) is 48.9 Å². The molecule has 0 amide bonds. The molecule has 2 aromatic heterocycles. The van der Waals surface area contributed by atoms with E-state index in [9.17, 15) is 9.59 Å². The van der Waals surface area contributed by atoms with Crippen molar-refractivity contribution >= 4 is 26.8 Å². The summed E-state index contributed by atoms with van der Waals surface area (Å²) in [5, 5.41) is 0.563. The number of nitrogens with zero attached hydrogens (tertiary/aromatic N) is 3. The summed E-state index contributed by atoms with van der Waals surface area (Å²) in [5.74, 6) is 0. The lowest BCUT2D eigenvalue weighted by molar-refractivity contribution is 0.403. The van der Waals surface area contributed by atoms with Gasteiger partial charge in [-0.3, -0.25) is 13.9 Å². The third-order valence-corrected chi connectivity index (χ3v) is 4.75. The lowest BCUT2D eigenvalue weighted by Crippen LogP contribution is -2.36. The first-order valence-corrected chi connectivity index (χ1v) is 8.49. The van der Waals surface area contributed by atoms with Crippen molar-refractivity contribution in [2.75, 3.05) is 0 Å². The Morgan fingerprint density at radius 1 is 1.04 bits per heavy atom. The first kappa shape index (κ1) is 16.8. The maximum absolute atomic E-state index is 12.8. The van der Waals surface area contributed by atoms with E-state index in [2.05, 4.69) is 41.3 Å². The molecule has 126 valence electrons. The fourth-order valence-corrected chi connectivity index (χ4v) is 3.39. The van der Waals surface area contributed by atoms with Crippen LogP contribution in [0.25, 0.3) is 22.2 Å². The summed E-state index contributed by atoms with van der Waals surface area (Å²) in [6.45, 7) is 6.24. The molecule has 0 aliphatic carbocycles. The molecule has 0 aliphatic heterocycles. The van der Waals surface area contributed by atoms with Crippen LogP contribution in [0.5, 0.6) is 0 Å². The average molecular weight is 390 g/mol. The summed E-state index contributed by atoms with van der Waals surface area (Å²) in [7, 11) is 3.21. The van der Waals surface area contributed by atoms with Crippen molar-refractivity contribution in [3.63, 3.8) is 0 Å². The van der Waals surface area contributed by atoms with Crippen LogP contribution >= 0.6 is 15.9 Å². The number of hydrogen-bond donors (Lipinski definition) is 0. The molecule has 3 rings (SSSR count). The standard InChI is InChI=1S/C18H20BrN3O2/c1-18(2,3)22-10-13-14(16(23)21(5)17(24)20(13)4)15(22)11-7-6-8-12(19)9-11/h6-10H,1-5H3. The summed E-state index contributed by atoms with van der Waals surface area (Å²) < 4.78 is 5.70. The Bertz CT molecular complexity index is 1060. The van der Waals surface area contributed by atoms with Gasteiger partial charge in [-0.15, -0.1) is 0 Å². The number of halogens is 1. The summed E-state index contributed by atoms with van der Waals surface area (Å²) in [6.07, 6.45) is 1.90. The number of aromatic nitrogens is 3. The molecule has 0 unspecified atom stereocenters. The fraction of sp³-hybridized carbons (Fsp3) is 0.333. The maximum atomic E-state index is 12.8. The van der Waals surface area contributed by atoms with E-state index >= 15 is 0 Å². The Labute approximate surface area is 148 Å². The molecule has 0 saturated carbocycles. The minimum atomic E-state index is -0.320. The molecule has 2 heterocycles. The van der Waals surface area contributed by atoms with Crippen LogP contribution in [0.15, 0.2) is 44.5 Å². The van der Waals surface area contributed by atoms with Gasteiger partial charge in [0.05, 0.1) is 16.6 Å². The molecule has 0 atom stereocenters. The normalized spacial score (nSPS) is 12.1. The molecule has 24 heavy (non-hydrogen) atoms. The summed E-state index contributed by atoms with van der Waals surface area (Å²) in [6, 6.07) is 7.86. The highest BCUT2D eigenvalue weighted by Gasteiger charge is 2.24. The highest BCUT2D eigenvalue weighted by molar-refractivity contribution is 9.10. The van der Waals surface area contributed by atoms with E-state index in [0.29, 0.717) is 10.9 Å². The van der Waals surface area contributed by atoms with Crippen molar-refractivity contribution in [2.45, 2.75) is 26.3 Å². The zero-order valence-electron chi connectivity index (χ0n) is 14.4. The van der Waals surface area contributed by atoms with E-state index in [-0.39, 0.29) is 16.8 Å². The minimum Gasteiger partial charge on any atom is -0.339 e. The third kappa shape index (κ3) is 2.45. The van der Waals surface area contributed by atoms with Gasteiger partial charge in [-0.1, -0.05) is 28.1 Å². The van der Waals surface area contributed by atoms with Crippen molar-refractivity contribution in [2.24, 2.45) is 14.1 Å². The van der Waals surface area contributed by atoms with Gasteiger partial charge in [-0.2, -0.15) is 0 Å². The van der Waals surface area contributed by atoms with Crippen LogP contribution in [0, 0.1) is 0 Å². The van der Waals surface area contributed by atoms with E-state index in [1.807, 2.05) is 30.5 Å². The highest BCUT2D eigenvalue weighted by Crippen LogP contribution is 2.33. The first-order valence-electron chi connectivity index (χ1n) is 7.70. The predicted molar refractivity (Wildman–Crippen MR) is 101 cm³/mol. The van der Waals surface area contributed by atoms with Gasteiger partial charge >= 0.3 is 5.69 Å². The SMILES string of the molecule is Cn1c(=O)c2c(-c3cccc(Br)c3)n(C(C)(C)C)cc2n(C)c1=O. The van der Waals surface area contributed by atoms with Crippen molar-refractivity contribution < 1.29 is 0 Å². The summed E-state index contributed by atoms with van der Waals surface area (Å²) in [5.41, 5.74) is 1.58. The van der Waals surface area contributed by atoms with Crippen LogP contribution in [0.3, 0.4) is 0 Å². The zero-order chi connectivity index (χ0) is 17.8. The molecule has 1 aromatic carbocycles. The van der Waals surface area contributed by atoms with Crippen LogP contribution in [0.2, 0.25) is 0 Å². The quantitative estimate of drug-likeness (QED) is 0.641. The monoisotopic (exact) mass is 389 g/mol. The Morgan fingerprint density at radius 2 is 1.71 bits per heavy atom. The smallest absolute Gasteiger partial charge is 0.330 e. The van der Waals surface area contributed by atoms with Gasteiger partial charge in [0, 0.05) is 35.9 Å². The molecule has 0 bridgehead atoms. The van der Waals surface area contributed by atoms with Crippen molar-refractivity contribution in [3.8, 4) is 11.3 Å². The highest BCUT2D eigenvalue weighted by atomic mass is 79.9. The number of rotatable bonds is 1. The van der Waals surface area contributed by atoms with Gasteiger partial charge in [-0.25, -0.2) is 4.79 Å². The van der Waals surface area contributed by atoms with Crippen LogP contribution in [-0.2, 0) is 19.6 Å². The molecular weight excluding hydrogens is 370 g/mol. The van der Waals surface area contributed by atoms with E-state index in [4.69, 9.17) is 0 Å². The molecule has 0 spiro atoms. The number of fused-ring (bicyclic) bond motifs is 1. The lowest BCUT2D eigenvalue weighted by Gasteiger charge is -2.24. The molecular formula is C18H20BrN3O2. The molecule has 3 aromatic rings. The second-order valence-corrected chi connectivity index (χ2v) is 7.91. The molecule has 5 nitrogen and oxygen atoms in total. The van der Waals surface area contributed by atoms with Gasteiger partial charge < -0.3 is 4.57 Å². The third-order valence-electron chi connectivity index (χ3n) is 4.26. The maximum Gasteiger partial charge on any atom is 0.330 e. The van der Waals surface area contributed by atoms with E-state index in [0.717, 1.165) is 20.3 Å². The Balaban J connectivity index is 2.60. The fourth-order valence-electron chi connectivity index (χ4n) is 2.99. The Hall–Kier alpha value is -2.08. The van der Waals surface area contributed by atoms with Gasteiger partial charge in [0.15, 0.2) is 0 Å². The number of hydrogen-bond acceptors (Lipinski definition) is 2. The molecule has 0 aliphatic rings. The van der Waals surface area contributed by atoms with Crippen LogP contribution < -0.4 is 11.2 Å². The number of aryl methyl sites for hydroxylation is 1. The zero-order valence-corrected chi connectivity index (χ0v) is 16.0. The van der Waals surface area contributed by atoms with Crippen LogP contribution in [0.4, 0.5) is 0 Å². The average Bonchev–Trinajstić information content (AvgIpc) is 2.91. The van der Waals surface area contributed by atoms with Gasteiger partial charge in [0.1, 0.15) is 0 Å². The Morgan fingerprint density at radius 3 is 2.29 bits per heavy atom. The van der Waals surface area contributed by atoms with Gasteiger partial charge in [0.25, 0.3) is 5.56 Å². The molecule has 0 N–H and O–H groups in total.